The van der Waals surface area contributed by atoms with Gasteiger partial charge in [-0.1, -0.05) is 19.3 Å². The zero-order valence-electron chi connectivity index (χ0n) is 10.6. The second kappa shape index (κ2) is 5.33. The molecule has 2 rings (SSSR count). The minimum atomic E-state index is -0.424. The molecule has 0 bridgehead atoms. The molecule has 1 aliphatic rings. The van der Waals surface area contributed by atoms with Crippen LogP contribution in [0.25, 0.3) is 0 Å². The summed E-state index contributed by atoms with van der Waals surface area (Å²) in [6.07, 6.45) is 6.51. The quantitative estimate of drug-likeness (QED) is 0.793. The van der Waals surface area contributed by atoms with Crippen LogP contribution in [-0.2, 0) is 18.4 Å². The fourth-order valence-corrected chi connectivity index (χ4v) is 2.47. The Morgan fingerprint density at radius 2 is 1.94 bits per heavy atom. The Morgan fingerprint density at radius 3 is 2.61 bits per heavy atom. The van der Waals surface area contributed by atoms with Crippen molar-refractivity contribution in [2.24, 2.45) is 13.0 Å². The average Bonchev–Trinajstić information content (AvgIpc) is 2.40. The highest BCUT2D eigenvalue weighted by Crippen LogP contribution is 2.24. The van der Waals surface area contributed by atoms with Crippen molar-refractivity contribution in [1.29, 1.82) is 0 Å². The fraction of sp³-hybridized carbons (Fsp3) is 0.615. The Kier molecular flexibility index (Phi) is 3.79. The van der Waals surface area contributed by atoms with Crippen LogP contribution < -0.4 is 11.2 Å². The van der Waals surface area contributed by atoms with E-state index in [1.807, 2.05) is 0 Å². The topological polar surface area (TPSA) is 61.1 Å². The highest BCUT2D eigenvalue weighted by Gasteiger charge is 2.22. The molecule has 98 valence electrons. The minimum absolute atomic E-state index is 0.0140. The molecule has 0 radical (unpaired) electrons. The van der Waals surface area contributed by atoms with Crippen LogP contribution in [0.4, 0.5) is 0 Å². The number of ketones is 1. The predicted octanol–water partition coefficient (Wildman–Crippen LogP) is 0.696. The minimum Gasteiger partial charge on any atom is -0.303 e. The molecule has 5 heteroatoms. The summed E-state index contributed by atoms with van der Waals surface area (Å²) in [7, 11) is 1.57. The van der Waals surface area contributed by atoms with Crippen LogP contribution in [-0.4, -0.2) is 14.9 Å². The number of Topliss-reactive ketones (excluding diaryl/α,β-unsaturated/α-hetero) is 1. The van der Waals surface area contributed by atoms with Crippen molar-refractivity contribution in [3.8, 4) is 0 Å². The van der Waals surface area contributed by atoms with Crippen LogP contribution in [0.3, 0.4) is 0 Å². The number of carbonyl (C=O) groups is 1. The van der Waals surface area contributed by atoms with E-state index in [1.165, 1.54) is 23.3 Å². The van der Waals surface area contributed by atoms with Gasteiger partial charge in [0.1, 0.15) is 0 Å². The lowest BCUT2D eigenvalue weighted by molar-refractivity contribution is -0.124. The predicted molar refractivity (Wildman–Crippen MR) is 67.5 cm³/mol. The molecule has 0 amide bonds. The molecule has 0 aromatic carbocycles. The highest BCUT2D eigenvalue weighted by atomic mass is 16.2. The van der Waals surface area contributed by atoms with E-state index < -0.39 is 11.2 Å². The van der Waals surface area contributed by atoms with E-state index in [2.05, 4.69) is 0 Å². The number of nitrogens with zero attached hydrogens (tertiary/aromatic N) is 2. The maximum absolute atomic E-state index is 12.1. The summed E-state index contributed by atoms with van der Waals surface area (Å²) in [5.41, 5.74) is -0.825. The van der Waals surface area contributed by atoms with Crippen molar-refractivity contribution in [1.82, 2.24) is 9.13 Å². The van der Waals surface area contributed by atoms with Gasteiger partial charge in [-0.3, -0.25) is 14.2 Å². The molecule has 1 aromatic heterocycles. The Bertz CT molecular complexity index is 550. The van der Waals surface area contributed by atoms with Gasteiger partial charge in [0.25, 0.3) is 5.56 Å². The molecular weight excluding hydrogens is 232 g/mol. The van der Waals surface area contributed by atoms with Gasteiger partial charge in [-0.25, -0.2) is 4.79 Å². The standard InChI is InChI=1S/C13H18N2O3/c1-14-8-7-12(17)15(13(14)18)9-11(16)10-5-3-2-4-6-10/h7-8,10H,2-6,9H2,1H3. The summed E-state index contributed by atoms with van der Waals surface area (Å²) in [4.78, 5) is 35.5. The van der Waals surface area contributed by atoms with E-state index in [1.54, 1.807) is 7.05 Å². The molecule has 5 nitrogen and oxygen atoms in total. The van der Waals surface area contributed by atoms with E-state index in [0.29, 0.717) is 0 Å². The monoisotopic (exact) mass is 250 g/mol. The van der Waals surface area contributed by atoms with E-state index in [9.17, 15) is 14.4 Å². The van der Waals surface area contributed by atoms with Crippen molar-refractivity contribution >= 4 is 5.78 Å². The molecule has 1 aliphatic carbocycles. The second-order valence-electron chi connectivity index (χ2n) is 4.93. The molecule has 0 spiro atoms. The third-order valence-corrected chi connectivity index (χ3v) is 3.61. The largest absolute Gasteiger partial charge is 0.331 e. The summed E-state index contributed by atoms with van der Waals surface area (Å²) < 4.78 is 2.34. The maximum Gasteiger partial charge on any atom is 0.331 e. The lowest BCUT2D eigenvalue weighted by Gasteiger charge is -2.20. The Balaban J connectivity index is 2.19. The Labute approximate surface area is 105 Å². The van der Waals surface area contributed by atoms with Crippen molar-refractivity contribution < 1.29 is 4.79 Å². The number of rotatable bonds is 3. The number of hydrogen-bond acceptors (Lipinski definition) is 3. The Hall–Kier alpha value is -1.65. The van der Waals surface area contributed by atoms with Crippen LogP contribution in [0.2, 0.25) is 0 Å². The molecular formula is C13H18N2O3. The summed E-state index contributed by atoms with van der Waals surface area (Å²) in [6, 6.07) is 1.32. The van der Waals surface area contributed by atoms with Gasteiger partial charge in [0, 0.05) is 25.2 Å². The van der Waals surface area contributed by atoms with Crippen LogP contribution in [0, 0.1) is 5.92 Å². The molecule has 0 N–H and O–H groups in total. The van der Waals surface area contributed by atoms with Crippen LogP contribution in [0.15, 0.2) is 21.9 Å². The van der Waals surface area contributed by atoms with Gasteiger partial charge in [0.05, 0.1) is 6.54 Å². The fourth-order valence-electron chi connectivity index (χ4n) is 2.47. The lowest BCUT2D eigenvalue weighted by atomic mass is 9.86. The van der Waals surface area contributed by atoms with Gasteiger partial charge in [-0.15, -0.1) is 0 Å². The maximum atomic E-state index is 12.1. The van der Waals surface area contributed by atoms with Crippen LogP contribution in [0.5, 0.6) is 0 Å². The van der Waals surface area contributed by atoms with Gasteiger partial charge < -0.3 is 4.57 Å². The van der Waals surface area contributed by atoms with Crippen molar-refractivity contribution in [2.75, 3.05) is 0 Å². The van der Waals surface area contributed by atoms with E-state index >= 15 is 0 Å². The van der Waals surface area contributed by atoms with Gasteiger partial charge >= 0.3 is 5.69 Å². The van der Waals surface area contributed by atoms with Gasteiger partial charge in [0.2, 0.25) is 0 Å². The molecule has 18 heavy (non-hydrogen) atoms. The average molecular weight is 250 g/mol. The summed E-state index contributed by atoms with van der Waals surface area (Å²) in [5.74, 6) is 0.0377. The molecule has 1 fully saturated rings. The molecule has 0 atom stereocenters. The van der Waals surface area contributed by atoms with Crippen molar-refractivity contribution in [3.05, 3.63) is 33.1 Å². The third-order valence-electron chi connectivity index (χ3n) is 3.61. The SMILES string of the molecule is Cn1ccc(=O)n(CC(=O)C2CCCCC2)c1=O. The third kappa shape index (κ3) is 2.60. The zero-order valence-corrected chi connectivity index (χ0v) is 10.6. The molecule has 1 heterocycles. The lowest BCUT2D eigenvalue weighted by Crippen LogP contribution is -2.41. The van der Waals surface area contributed by atoms with Crippen molar-refractivity contribution in [2.45, 2.75) is 38.6 Å². The summed E-state index contributed by atoms with van der Waals surface area (Å²) in [6.45, 7) is -0.0863. The first kappa shape index (κ1) is 12.8. The molecule has 0 unspecified atom stereocenters. The van der Waals surface area contributed by atoms with E-state index in [4.69, 9.17) is 0 Å². The normalized spacial score (nSPS) is 16.7. The number of carbonyl (C=O) groups excluding carboxylic acids is 1. The van der Waals surface area contributed by atoms with Gasteiger partial charge in [-0.2, -0.15) is 0 Å². The summed E-state index contributed by atoms with van der Waals surface area (Å²) >= 11 is 0. The van der Waals surface area contributed by atoms with Gasteiger partial charge in [0.15, 0.2) is 5.78 Å². The first-order valence-electron chi connectivity index (χ1n) is 6.39. The molecule has 1 aromatic rings. The van der Waals surface area contributed by atoms with E-state index in [0.717, 1.165) is 30.3 Å². The second-order valence-corrected chi connectivity index (χ2v) is 4.93. The van der Waals surface area contributed by atoms with Gasteiger partial charge in [-0.05, 0) is 12.8 Å². The molecule has 1 saturated carbocycles. The smallest absolute Gasteiger partial charge is 0.303 e. The first-order chi connectivity index (χ1) is 8.59. The summed E-state index contributed by atoms with van der Waals surface area (Å²) in [5, 5.41) is 0. The molecule has 0 aliphatic heterocycles. The Morgan fingerprint density at radius 1 is 1.28 bits per heavy atom. The first-order valence-corrected chi connectivity index (χ1v) is 6.39. The highest BCUT2D eigenvalue weighted by molar-refractivity contribution is 5.80. The van der Waals surface area contributed by atoms with Crippen LogP contribution >= 0.6 is 0 Å². The van der Waals surface area contributed by atoms with Crippen LogP contribution in [0.1, 0.15) is 32.1 Å². The number of aryl methyl sites for hydroxylation is 1. The number of hydrogen-bond donors (Lipinski definition) is 0. The van der Waals surface area contributed by atoms with E-state index in [-0.39, 0.29) is 18.2 Å². The van der Waals surface area contributed by atoms with Crippen molar-refractivity contribution in [3.63, 3.8) is 0 Å². The number of aromatic nitrogens is 2. The molecule has 0 saturated heterocycles. The zero-order chi connectivity index (χ0) is 13.1.